The van der Waals surface area contributed by atoms with E-state index in [0.717, 1.165) is 10.6 Å². The number of hydrogen-bond acceptors (Lipinski definition) is 3. The van der Waals surface area contributed by atoms with Gasteiger partial charge in [0.1, 0.15) is 0 Å². The molecule has 0 aromatic rings. The van der Waals surface area contributed by atoms with E-state index in [1.165, 1.54) is 7.05 Å². The summed E-state index contributed by atoms with van der Waals surface area (Å²) >= 11 is 0. The van der Waals surface area contributed by atoms with Gasteiger partial charge in [0.2, 0.25) is 10.0 Å². The Morgan fingerprint density at radius 2 is 1.82 bits per heavy atom. The summed E-state index contributed by atoms with van der Waals surface area (Å²) < 4.78 is 22.8. The number of likely N-dealkylation sites (N-methyl/N-ethyl adjacent to an activating group) is 1. The van der Waals surface area contributed by atoms with Crippen molar-refractivity contribution in [2.24, 2.45) is 0 Å². The van der Waals surface area contributed by atoms with E-state index in [1.54, 1.807) is 13.8 Å². The second-order valence-electron chi connectivity index (χ2n) is 3.33. The molecule has 0 aliphatic heterocycles. The molecule has 11 heavy (non-hydrogen) atoms. The maximum atomic E-state index is 10.8. The fourth-order valence-corrected chi connectivity index (χ4v) is 1.21. The van der Waals surface area contributed by atoms with Crippen LogP contribution in [-0.4, -0.2) is 43.3 Å². The molecule has 0 aliphatic carbocycles. The molecule has 0 aromatic heterocycles. The minimum atomic E-state index is -3.16. The van der Waals surface area contributed by atoms with E-state index in [4.69, 9.17) is 0 Å². The van der Waals surface area contributed by atoms with Crippen molar-refractivity contribution in [1.82, 2.24) is 4.31 Å². The van der Waals surface area contributed by atoms with Crippen molar-refractivity contribution in [3.05, 3.63) is 0 Å². The summed E-state index contributed by atoms with van der Waals surface area (Å²) in [5.74, 6) is 0. The monoisotopic (exact) mass is 181 g/mol. The molecular formula is C6H15NO3S. The highest BCUT2D eigenvalue weighted by Crippen LogP contribution is 2.05. The molecule has 0 amide bonds. The lowest BCUT2D eigenvalue weighted by molar-refractivity contribution is 0.0641. The number of sulfonamides is 1. The van der Waals surface area contributed by atoms with Crippen molar-refractivity contribution in [2.45, 2.75) is 19.4 Å². The van der Waals surface area contributed by atoms with E-state index >= 15 is 0 Å². The zero-order valence-electron chi connectivity index (χ0n) is 7.33. The molecule has 0 aliphatic rings. The van der Waals surface area contributed by atoms with Gasteiger partial charge in [-0.05, 0) is 13.8 Å². The lowest BCUT2D eigenvalue weighted by Crippen LogP contribution is -2.39. The van der Waals surface area contributed by atoms with Crippen LogP contribution in [0.15, 0.2) is 0 Å². The molecule has 68 valence electrons. The fourth-order valence-electron chi connectivity index (χ4n) is 0.662. The second-order valence-corrected chi connectivity index (χ2v) is 5.42. The van der Waals surface area contributed by atoms with Crippen LogP contribution in [-0.2, 0) is 10.0 Å². The maximum absolute atomic E-state index is 10.8. The third-order valence-electron chi connectivity index (χ3n) is 1.18. The van der Waals surface area contributed by atoms with E-state index in [1.807, 2.05) is 0 Å². The average molecular weight is 181 g/mol. The quantitative estimate of drug-likeness (QED) is 0.647. The lowest BCUT2D eigenvalue weighted by Gasteiger charge is -2.23. The van der Waals surface area contributed by atoms with Crippen LogP contribution in [0.25, 0.3) is 0 Å². The first kappa shape index (κ1) is 10.9. The van der Waals surface area contributed by atoms with Crippen molar-refractivity contribution >= 4 is 10.0 Å². The summed E-state index contributed by atoms with van der Waals surface area (Å²) in [4.78, 5) is 0. The van der Waals surface area contributed by atoms with Gasteiger partial charge in [-0.2, -0.15) is 0 Å². The second kappa shape index (κ2) is 3.08. The van der Waals surface area contributed by atoms with Crippen LogP contribution in [0, 0.1) is 0 Å². The van der Waals surface area contributed by atoms with Crippen LogP contribution in [0.4, 0.5) is 0 Å². The third-order valence-corrected chi connectivity index (χ3v) is 2.44. The molecule has 0 saturated heterocycles. The van der Waals surface area contributed by atoms with Gasteiger partial charge >= 0.3 is 0 Å². The van der Waals surface area contributed by atoms with Crippen LogP contribution in [0.3, 0.4) is 0 Å². The molecule has 1 N–H and O–H groups in total. The SMILES string of the molecule is CN(CC(C)(C)O)S(C)(=O)=O. The van der Waals surface area contributed by atoms with Crippen LogP contribution in [0.5, 0.6) is 0 Å². The third kappa shape index (κ3) is 5.17. The molecule has 0 bridgehead atoms. The van der Waals surface area contributed by atoms with Crippen LogP contribution in [0.2, 0.25) is 0 Å². The largest absolute Gasteiger partial charge is 0.389 e. The van der Waals surface area contributed by atoms with Gasteiger partial charge in [0, 0.05) is 13.6 Å². The molecule has 0 unspecified atom stereocenters. The highest BCUT2D eigenvalue weighted by Gasteiger charge is 2.20. The molecule has 0 radical (unpaired) electrons. The highest BCUT2D eigenvalue weighted by atomic mass is 32.2. The first-order valence-corrected chi connectivity index (χ1v) is 5.11. The summed E-state index contributed by atoms with van der Waals surface area (Å²) in [6.45, 7) is 3.25. The summed E-state index contributed by atoms with van der Waals surface area (Å²) in [7, 11) is -1.72. The van der Waals surface area contributed by atoms with Gasteiger partial charge in [0.05, 0.1) is 11.9 Å². The van der Waals surface area contributed by atoms with Gasteiger partial charge in [-0.3, -0.25) is 0 Å². The number of hydrogen-bond donors (Lipinski definition) is 1. The minimum Gasteiger partial charge on any atom is -0.389 e. The maximum Gasteiger partial charge on any atom is 0.211 e. The van der Waals surface area contributed by atoms with Crippen molar-refractivity contribution in [1.29, 1.82) is 0 Å². The molecule has 0 atom stereocenters. The minimum absolute atomic E-state index is 0.117. The summed E-state index contributed by atoms with van der Waals surface area (Å²) in [6, 6.07) is 0. The Morgan fingerprint density at radius 1 is 1.45 bits per heavy atom. The molecule has 5 heteroatoms. The summed E-state index contributed by atoms with van der Waals surface area (Å²) in [6.07, 6.45) is 1.11. The van der Waals surface area contributed by atoms with E-state index < -0.39 is 15.6 Å². The standard InChI is InChI=1S/C6H15NO3S/c1-6(2,8)5-7(3)11(4,9)10/h8H,5H2,1-4H3. The summed E-state index contributed by atoms with van der Waals surface area (Å²) in [5, 5.41) is 9.25. The molecule has 0 aromatic carbocycles. The fraction of sp³-hybridized carbons (Fsp3) is 1.00. The van der Waals surface area contributed by atoms with Crippen molar-refractivity contribution < 1.29 is 13.5 Å². The van der Waals surface area contributed by atoms with Crippen LogP contribution in [0.1, 0.15) is 13.8 Å². The molecule has 0 rings (SSSR count). The zero-order valence-corrected chi connectivity index (χ0v) is 8.14. The van der Waals surface area contributed by atoms with Gasteiger partial charge in [-0.1, -0.05) is 0 Å². The average Bonchev–Trinajstić information content (AvgIpc) is 1.56. The van der Waals surface area contributed by atoms with Gasteiger partial charge < -0.3 is 5.11 Å². The highest BCUT2D eigenvalue weighted by molar-refractivity contribution is 7.88. The first-order chi connectivity index (χ1) is 4.63. The number of rotatable bonds is 3. The van der Waals surface area contributed by atoms with Gasteiger partial charge in [-0.15, -0.1) is 0 Å². The first-order valence-electron chi connectivity index (χ1n) is 3.26. The molecule has 4 nitrogen and oxygen atoms in total. The summed E-state index contributed by atoms with van der Waals surface area (Å²) in [5.41, 5.74) is -0.974. The molecule has 0 heterocycles. The van der Waals surface area contributed by atoms with E-state index in [0.29, 0.717) is 0 Å². The normalized spacial score (nSPS) is 14.0. The predicted molar refractivity (Wildman–Crippen MR) is 43.8 cm³/mol. The Labute approximate surface area is 67.9 Å². The van der Waals surface area contributed by atoms with Gasteiger partial charge in [-0.25, -0.2) is 12.7 Å². The van der Waals surface area contributed by atoms with Gasteiger partial charge in [0.15, 0.2) is 0 Å². The Balaban J connectivity index is 4.22. The van der Waals surface area contributed by atoms with Crippen molar-refractivity contribution in [3.63, 3.8) is 0 Å². The molecule has 0 fully saturated rings. The Bertz CT molecular complexity index is 214. The van der Waals surface area contributed by atoms with Gasteiger partial charge in [0.25, 0.3) is 0 Å². The smallest absolute Gasteiger partial charge is 0.211 e. The van der Waals surface area contributed by atoms with Crippen LogP contribution >= 0.6 is 0 Å². The van der Waals surface area contributed by atoms with Crippen LogP contribution < -0.4 is 0 Å². The Kier molecular flexibility index (Phi) is 3.05. The zero-order chi connectivity index (χ0) is 9.28. The van der Waals surface area contributed by atoms with Crippen molar-refractivity contribution in [2.75, 3.05) is 19.8 Å². The Hall–Kier alpha value is -0.130. The van der Waals surface area contributed by atoms with Crippen molar-refractivity contribution in [3.8, 4) is 0 Å². The molecular weight excluding hydrogens is 166 g/mol. The topological polar surface area (TPSA) is 57.6 Å². The molecule has 0 spiro atoms. The van der Waals surface area contributed by atoms with E-state index in [2.05, 4.69) is 0 Å². The predicted octanol–water partition coefficient (Wildman–Crippen LogP) is -0.351. The van der Waals surface area contributed by atoms with E-state index in [9.17, 15) is 13.5 Å². The number of aliphatic hydroxyl groups is 1. The number of nitrogens with zero attached hydrogens (tertiary/aromatic N) is 1. The molecule has 0 saturated carbocycles. The lowest BCUT2D eigenvalue weighted by atomic mass is 10.1. The van der Waals surface area contributed by atoms with E-state index in [-0.39, 0.29) is 6.54 Å². The Morgan fingerprint density at radius 3 is 1.91 bits per heavy atom.